The largest absolute Gasteiger partial charge is 0.417 e. The third kappa shape index (κ3) is 2.80. The summed E-state index contributed by atoms with van der Waals surface area (Å²) in [4.78, 5) is 26.7. The number of oxazole rings is 1. The first-order chi connectivity index (χ1) is 8.88. The smallest absolute Gasteiger partial charge is 0.408 e. The molecular weight excluding hydrogens is 270 g/mol. The number of amides is 1. The van der Waals surface area contributed by atoms with Gasteiger partial charge in [-0.05, 0) is 24.1 Å². The Labute approximate surface area is 114 Å². The number of H-pyrrole nitrogens is 1. The first-order valence-corrected chi connectivity index (χ1v) is 6.04. The molecule has 0 fully saturated rings. The van der Waals surface area contributed by atoms with Gasteiger partial charge in [0.1, 0.15) is 5.52 Å². The summed E-state index contributed by atoms with van der Waals surface area (Å²) in [7, 11) is 3.28. The lowest BCUT2D eigenvalue weighted by molar-refractivity contribution is -0.130. The summed E-state index contributed by atoms with van der Waals surface area (Å²) in [6.07, 6.45) is 0.321. The molecule has 2 aromatic rings. The van der Waals surface area contributed by atoms with Gasteiger partial charge in [0.15, 0.2) is 5.58 Å². The molecule has 0 aliphatic rings. The van der Waals surface area contributed by atoms with Crippen molar-refractivity contribution in [3.05, 3.63) is 33.3 Å². The van der Waals surface area contributed by atoms with Crippen molar-refractivity contribution in [2.75, 3.05) is 14.1 Å². The van der Waals surface area contributed by atoms with Crippen LogP contribution in [0.4, 0.5) is 0 Å². The molecular formula is C12H14ClN3O3. The Morgan fingerprint density at radius 2 is 2.21 bits per heavy atom. The highest BCUT2D eigenvalue weighted by atomic mass is 35.5. The van der Waals surface area contributed by atoms with Crippen LogP contribution in [0.5, 0.6) is 0 Å². The Morgan fingerprint density at radius 3 is 2.84 bits per heavy atom. The third-order valence-corrected chi connectivity index (χ3v) is 3.06. The first kappa shape index (κ1) is 13.6. The molecule has 1 amide bonds. The van der Waals surface area contributed by atoms with Gasteiger partial charge in [0.05, 0.1) is 11.1 Å². The first-order valence-electron chi connectivity index (χ1n) is 5.66. The lowest BCUT2D eigenvalue weighted by Gasteiger charge is -2.16. The summed E-state index contributed by atoms with van der Waals surface area (Å²) >= 11 is 6.03. The highest BCUT2D eigenvalue weighted by molar-refractivity contribution is 6.34. The predicted octanol–water partition coefficient (Wildman–Crippen LogP) is 0.733. The van der Waals surface area contributed by atoms with Crippen LogP contribution in [-0.4, -0.2) is 35.9 Å². The number of carbonyl (C=O) groups excluding carboxylic acids is 1. The van der Waals surface area contributed by atoms with Gasteiger partial charge in [0, 0.05) is 14.1 Å². The Bertz CT molecular complexity index is 674. The number of nitrogens with one attached hydrogen (secondary N) is 1. The second kappa shape index (κ2) is 5.07. The van der Waals surface area contributed by atoms with Crippen molar-refractivity contribution in [2.24, 2.45) is 5.73 Å². The summed E-state index contributed by atoms with van der Waals surface area (Å²) in [5.74, 6) is -0.741. The monoisotopic (exact) mass is 283 g/mol. The van der Waals surface area contributed by atoms with Crippen molar-refractivity contribution in [1.29, 1.82) is 0 Å². The van der Waals surface area contributed by atoms with E-state index >= 15 is 0 Å². The topological polar surface area (TPSA) is 92.3 Å². The van der Waals surface area contributed by atoms with E-state index < -0.39 is 11.8 Å². The van der Waals surface area contributed by atoms with E-state index in [1.54, 1.807) is 26.2 Å². The fraction of sp³-hybridized carbons (Fsp3) is 0.333. The number of nitrogens with zero attached hydrogens (tertiary/aromatic N) is 1. The fourth-order valence-corrected chi connectivity index (χ4v) is 2.14. The van der Waals surface area contributed by atoms with Gasteiger partial charge in [-0.2, -0.15) is 0 Å². The number of likely N-dealkylation sites (N-methyl/N-ethyl adjacent to an activating group) is 1. The minimum atomic E-state index is -0.658. The van der Waals surface area contributed by atoms with Crippen LogP contribution in [0.1, 0.15) is 5.56 Å². The number of rotatable bonds is 3. The molecule has 0 aliphatic heterocycles. The van der Waals surface area contributed by atoms with E-state index in [1.807, 2.05) is 0 Å². The molecule has 0 bridgehead atoms. The molecule has 0 aliphatic carbocycles. The molecule has 1 atom stereocenters. The van der Waals surface area contributed by atoms with E-state index in [9.17, 15) is 9.59 Å². The van der Waals surface area contributed by atoms with Gasteiger partial charge >= 0.3 is 5.76 Å². The van der Waals surface area contributed by atoms with Crippen molar-refractivity contribution in [1.82, 2.24) is 9.88 Å². The molecule has 1 heterocycles. The van der Waals surface area contributed by atoms with Crippen molar-refractivity contribution in [3.8, 4) is 0 Å². The Morgan fingerprint density at radius 1 is 1.53 bits per heavy atom. The average Bonchev–Trinajstić information content (AvgIpc) is 2.69. The molecule has 0 saturated heterocycles. The quantitative estimate of drug-likeness (QED) is 0.869. The highest BCUT2D eigenvalue weighted by Gasteiger charge is 2.17. The Balaban J connectivity index is 2.31. The fourth-order valence-electron chi connectivity index (χ4n) is 1.85. The zero-order valence-electron chi connectivity index (χ0n) is 10.6. The number of halogens is 1. The zero-order chi connectivity index (χ0) is 14.2. The van der Waals surface area contributed by atoms with Crippen molar-refractivity contribution in [2.45, 2.75) is 12.5 Å². The second-order valence-electron chi connectivity index (χ2n) is 4.51. The molecule has 1 aromatic heterocycles. The van der Waals surface area contributed by atoms with E-state index in [2.05, 4.69) is 4.98 Å². The predicted molar refractivity (Wildman–Crippen MR) is 72.2 cm³/mol. The molecule has 0 spiro atoms. The van der Waals surface area contributed by atoms with E-state index in [-0.39, 0.29) is 5.91 Å². The number of hydrogen-bond acceptors (Lipinski definition) is 4. The molecule has 3 N–H and O–H groups in total. The van der Waals surface area contributed by atoms with Gasteiger partial charge in [0.25, 0.3) is 0 Å². The van der Waals surface area contributed by atoms with Gasteiger partial charge in [-0.3, -0.25) is 9.78 Å². The summed E-state index contributed by atoms with van der Waals surface area (Å²) < 4.78 is 4.95. The molecule has 0 saturated carbocycles. The summed E-state index contributed by atoms with van der Waals surface area (Å²) in [5.41, 5.74) is 7.36. The number of carbonyl (C=O) groups is 1. The highest BCUT2D eigenvalue weighted by Crippen LogP contribution is 2.23. The summed E-state index contributed by atoms with van der Waals surface area (Å²) in [6.45, 7) is 0. The molecule has 0 radical (unpaired) electrons. The van der Waals surface area contributed by atoms with Gasteiger partial charge in [-0.25, -0.2) is 4.79 Å². The van der Waals surface area contributed by atoms with Gasteiger partial charge in [0.2, 0.25) is 5.91 Å². The van der Waals surface area contributed by atoms with E-state index in [1.165, 1.54) is 4.90 Å². The molecule has 2 rings (SSSR count). The van der Waals surface area contributed by atoms with Crippen LogP contribution in [0.25, 0.3) is 11.1 Å². The molecule has 1 aromatic carbocycles. The van der Waals surface area contributed by atoms with Crippen molar-refractivity contribution >= 4 is 28.6 Å². The normalized spacial score (nSPS) is 12.6. The maximum absolute atomic E-state index is 11.7. The van der Waals surface area contributed by atoms with Crippen LogP contribution < -0.4 is 11.5 Å². The number of aromatic amines is 1. The minimum absolute atomic E-state index is 0.174. The molecule has 19 heavy (non-hydrogen) atoms. The van der Waals surface area contributed by atoms with Crippen LogP contribution in [-0.2, 0) is 11.2 Å². The number of fused-ring (bicyclic) bond motifs is 1. The number of hydrogen-bond donors (Lipinski definition) is 2. The van der Waals surface area contributed by atoms with E-state index in [0.29, 0.717) is 22.5 Å². The number of aromatic nitrogens is 1. The van der Waals surface area contributed by atoms with E-state index in [0.717, 1.165) is 5.56 Å². The Hall–Kier alpha value is -1.79. The van der Waals surface area contributed by atoms with Gasteiger partial charge < -0.3 is 15.1 Å². The Kier molecular flexibility index (Phi) is 3.64. The van der Waals surface area contributed by atoms with E-state index in [4.69, 9.17) is 21.8 Å². The van der Waals surface area contributed by atoms with Crippen molar-refractivity contribution in [3.63, 3.8) is 0 Å². The zero-order valence-corrected chi connectivity index (χ0v) is 11.3. The lowest BCUT2D eigenvalue weighted by atomic mass is 10.1. The summed E-state index contributed by atoms with van der Waals surface area (Å²) in [5, 5.41) is 0.364. The van der Waals surface area contributed by atoms with Crippen LogP contribution in [0.3, 0.4) is 0 Å². The second-order valence-corrected chi connectivity index (χ2v) is 4.92. The minimum Gasteiger partial charge on any atom is -0.408 e. The van der Waals surface area contributed by atoms with Crippen LogP contribution in [0, 0.1) is 0 Å². The molecule has 102 valence electrons. The number of benzene rings is 1. The molecule has 7 heteroatoms. The SMILES string of the molecule is CN(C)C(=O)C(N)Cc1cc(Cl)c2[nH]c(=O)oc2c1. The number of nitrogens with two attached hydrogens (primary N) is 1. The van der Waals surface area contributed by atoms with Gasteiger partial charge in [-0.1, -0.05) is 11.6 Å². The lowest BCUT2D eigenvalue weighted by Crippen LogP contribution is -2.41. The van der Waals surface area contributed by atoms with Crippen molar-refractivity contribution < 1.29 is 9.21 Å². The molecule has 6 nitrogen and oxygen atoms in total. The molecule has 1 unspecified atom stereocenters. The van der Waals surface area contributed by atoms with Crippen LogP contribution in [0.15, 0.2) is 21.3 Å². The van der Waals surface area contributed by atoms with Crippen LogP contribution in [0.2, 0.25) is 5.02 Å². The maximum atomic E-state index is 11.7. The summed E-state index contributed by atoms with van der Waals surface area (Å²) in [6, 6.07) is 2.66. The maximum Gasteiger partial charge on any atom is 0.417 e. The standard InChI is InChI=1S/C12H14ClN3O3/c1-16(2)11(17)8(14)4-6-3-7(13)10-9(5-6)19-12(18)15-10/h3,5,8H,4,14H2,1-2H3,(H,15,18). The average molecular weight is 284 g/mol. The van der Waals surface area contributed by atoms with Gasteiger partial charge in [-0.15, -0.1) is 0 Å². The van der Waals surface area contributed by atoms with Crippen LogP contribution >= 0.6 is 11.6 Å². The third-order valence-electron chi connectivity index (χ3n) is 2.76.